The maximum atomic E-state index is 11.1. The quantitative estimate of drug-likeness (QED) is 0.659. The molecule has 2 N–H and O–H groups in total. The lowest BCUT2D eigenvalue weighted by Gasteiger charge is -2.09. The summed E-state index contributed by atoms with van der Waals surface area (Å²) in [6, 6.07) is 18.3. The Labute approximate surface area is 164 Å². The molecule has 142 valence electrons. The van der Waals surface area contributed by atoms with Gasteiger partial charge in [-0.15, -0.1) is 0 Å². The van der Waals surface area contributed by atoms with Crippen molar-refractivity contribution in [3.05, 3.63) is 77.5 Å². The van der Waals surface area contributed by atoms with Crippen LogP contribution in [0, 0.1) is 6.92 Å². The van der Waals surface area contributed by atoms with Gasteiger partial charge in [0.1, 0.15) is 11.6 Å². The number of carboxylic acid groups (broad SMARTS) is 1. The number of nitrogens with zero attached hydrogens (tertiary/aromatic N) is 1. The van der Waals surface area contributed by atoms with E-state index in [1.54, 1.807) is 0 Å². The lowest BCUT2D eigenvalue weighted by molar-refractivity contribution is -0.137. The predicted octanol–water partition coefficient (Wildman–Crippen LogP) is 4.62. The Morgan fingerprint density at radius 2 is 2.04 bits per heavy atom. The zero-order chi connectivity index (χ0) is 19.5. The predicted molar refractivity (Wildman–Crippen MR) is 109 cm³/mol. The third kappa shape index (κ3) is 3.98. The van der Waals surface area contributed by atoms with Gasteiger partial charge in [0.15, 0.2) is 0 Å². The molecule has 1 aromatic heterocycles. The Balaban J connectivity index is 1.47. The summed E-state index contributed by atoms with van der Waals surface area (Å²) in [4.78, 5) is 15.6. The molecular formula is C23H22N2O3. The molecule has 1 aliphatic heterocycles. The van der Waals surface area contributed by atoms with Crippen LogP contribution >= 0.6 is 0 Å². The first-order valence-corrected chi connectivity index (χ1v) is 9.33. The first-order valence-electron chi connectivity index (χ1n) is 9.33. The number of aryl methyl sites for hydroxylation is 1. The second kappa shape index (κ2) is 7.72. The number of benzene rings is 2. The summed E-state index contributed by atoms with van der Waals surface area (Å²) in [6.07, 6.45) is 1.92. The van der Waals surface area contributed by atoms with Gasteiger partial charge in [0.05, 0.1) is 13.0 Å². The number of carboxylic acids is 1. The molecule has 2 heterocycles. The van der Waals surface area contributed by atoms with Crippen LogP contribution in [-0.4, -0.2) is 22.7 Å². The zero-order valence-electron chi connectivity index (χ0n) is 15.7. The molecule has 4 rings (SSSR count). The molecular weight excluding hydrogens is 352 g/mol. The molecule has 0 amide bonds. The normalized spacial score (nSPS) is 15.0. The molecule has 1 atom stereocenters. The van der Waals surface area contributed by atoms with E-state index in [0.29, 0.717) is 6.61 Å². The van der Waals surface area contributed by atoms with Gasteiger partial charge in [-0.1, -0.05) is 35.9 Å². The van der Waals surface area contributed by atoms with Crippen LogP contribution in [0.4, 0.5) is 5.82 Å². The minimum Gasteiger partial charge on any atom is -0.493 e. The van der Waals surface area contributed by atoms with Crippen LogP contribution in [0.25, 0.3) is 11.1 Å². The van der Waals surface area contributed by atoms with E-state index >= 15 is 0 Å². The molecule has 0 fully saturated rings. The highest BCUT2D eigenvalue weighted by Crippen LogP contribution is 2.38. The van der Waals surface area contributed by atoms with Crippen LogP contribution in [0.1, 0.15) is 29.0 Å². The van der Waals surface area contributed by atoms with Crippen molar-refractivity contribution in [2.24, 2.45) is 0 Å². The van der Waals surface area contributed by atoms with Crippen LogP contribution in [-0.2, 0) is 11.3 Å². The number of hydrogen-bond acceptors (Lipinski definition) is 4. The number of aliphatic carboxylic acids is 1. The summed E-state index contributed by atoms with van der Waals surface area (Å²) in [5.74, 6) is 0.686. The number of fused-ring (bicyclic) bond motifs is 1. The van der Waals surface area contributed by atoms with Crippen molar-refractivity contribution in [2.75, 3.05) is 11.9 Å². The summed E-state index contributed by atoms with van der Waals surface area (Å²) in [5, 5.41) is 12.4. The van der Waals surface area contributed by atoms with Crippen molar-refractivity contribution in [3.63, 3.8) is 0 Å². The molecule has 3 aromatic rings. The highest BCUT2D eigenvalue weighted by atomic mass is 16.5. The smallest absolute Gasteiger partial charge is 0.304 e. The first-order chi connectivity index (χ1) is 13.6. The molecule has 28 heavy (non-hydrogen) atoms. The van der Waals surface area contributed by atoms with Crippen molar-refractivity contribution >= 4 is 11.8 Å². The van der Waals surface area contributed by atoms with Crippen LogP contribution in [0.3, 0.4) is 0 Å². The van der Waals surface area contributed by atoms with E-state index in [-0.39, 0.29) is 12.3 Å². The molecule has 0 radical (unpaired) electrons. The molecule has 0 aliphatic carbocycles. The van der Waals surface area contributed by atoms with Crippen molar-refractivity contribution in [3.8, 4) is 16.9 Å². The third-order valence-corrected chi connectivity index (χ3v) is 4.96. The number of anilines is 1. The Kier molecular flexibility index (Phi) is 4.98. The minimum absolute atomic E-state index is 0.0799. The fourth-order valence-electron chi connectivity index (χ4n) is 3.52. The molecule has 1 aliphatic rings. The van der Waals surface area contributed by atoms with Gasteiger partial charge in [-0.25, -0.2) is 4.98 Å². The van der Waals surface area contributed by atoms with Crippen LogP contribution < -0.4 is 10.1 Å². The lowest BCUT2D eigenvalue weighted by atomic mass is 9.94. The van der Waals surface area contributed by atoms with Gasteiger partial charge in [0.25, 0.3) is 0 Å². The Bertz CT molecular complexity index is 999. The highest BCUT2D eigenvalue weighted by Gasteiger charge is 2.26. The van der Waals surface area contributed by atoms with Gasteiger partial charge in [-0.2, -0.15) is 0 Å². The Hall–Kier alpha value is -3.34. The van der Waals surface area contributed by atoms with E-state index in [4.69, 9.17) is 9.84 Å². The average molecular weight is 374 g/mol. The van der Waals surface area contributed by atoms with E-state index in [0.717, 1.165) is 34.8 Å². The summed E-state index contributed by atoms with van der Waals surface area (Å²) >= 11 is 0. The minimum atomic E-state index is -0.808. The summed E-state index contributed by atoms with van der Waals surface area (Å²) in [7, 11) is 0. The van der Waals surface area contributed by atoms with Crippen LogP contribution in [0.2, 0.25) is 0 Å². The van der Waals surface area contributed by atoms with Crippen LogP contribution in [0.15, 0.2) is 60.8 Å². The van der Waals surface area contributed by atoms with Gasteiger partial charge in [0.2, 0.25) is 0 Å². The van der Waals surface area contributed by atoms with Crippen LogP contribution in [0.5, 0.6) is 5.75 Å². The number of pyridine rings is 1. The van der Waals surface area contributed by atoms with Gasteiger partial charge in [0, 0.05) is 29.8 Å². The SMILES string of the molecule is Cc1cccc(CNc2ccc(-c3ccc4c(c3)C(CC(=O)O)CO4)cn2)c1. The van der Waals surface area contributed by atoms with Gasteiger partial charge in [-0.05, 0) is 42.3 Å². The highest BCUT2D eigenvalue weighted by molar-refractivity contribution is 5.71. The number of aromatic nitrogens is 1. The Morgan fingerprint density at radius 1 is 1.18 bits per heavy atom. The largest absolute Gasteiger partial charge is 0.493 e. The molecule has 1 unspecified atom stereocenters. The monoisotopic (exact) mass is 374 g/mol. The van der Waals surface area contributed by atoms with Gasteiger partial charge < -0.3 is 15.2 Å². The first kappa shape index (κ1) is 18.0. The van der Waals surface area contributed by atoms with E-state index in [1.165, 1.54) is 11.1 Å². The number of carbonyl (C=O) groups is 1. The fourth-order valence-corrected chi connectivity index (χ4v) is 3.52. The number of ether oxygens (including phenoxy) is 1. The second-order valence-electron chi connectivity index (χ2n) is 7.13. The summed E-state index contributed by atoms with van der Waals surface area (Å²) in [6.45, 7) is 3.23. The summed E-state index contributed by atoms with van der Waals surface area (Å²) < 4.78 is 5.62. The summed E-state index contributed by atoms with van der Waals surface area (Å²) in [5.41, 5.74) is 5.42. The molecule has 0 spiro atoms. The third-order valence-electron chi connectivity index (χ3n) is 4.96. The molecule has 5 nitrogen and oxygen atoms in total. The molecule has 5 heteroatoms. The van der Waals surface area contributed by atoms with Crippen molar-refractivity contribution < 1.29 is 14.6 Å². The van der Waals surface area contributed by atoms with Crippen molar-refractivity contribution in [1.29, 1.82) is 0 Å². The number of rotatable bonds is 6. The molecule has 0 saturated carbocycles. The maximum Gasteiger partial charge on any atom is 0.304 e. The van der Waals surface area contributed by atoms with E-state index in [2.05, 4.69) is 41.5 Å². The maximum absolute atomic E-state index is 11.1. The van der Waals surface area contributed by atoms with Crippen molar-refractivity contribution in [1.82, 2.24) is 4.98 Å². The average Bonchev–Trinajstić information content (AvgIpc) is 3.08. The molecule has 2 aromatic carbocycles. The number of nitrogens with one attached hydrogen (secondary N) is 1. The van der Waals surface area contributed by atoms with E-state index < -0.39 is 5.97 Å². The van der Waals surface area contributed by atoms with Gasteiger partial charge in [-0.3, -0.25) is 4.79 Å². The van der Waals surface area contributed by atoms with Crippen molar-refractivity contribution in [2.45, 2.75) is 25.8 Å². The molecule has 0 saturated heterocycles. The standard InChI is InChI=1S/C23H22N2O3/c1-15-3-2-4-16(9-15)12-24-22-8-6-18(13-25-22)17-5-7-21-20(10-17)19(14-28-21)11-23(26)27/h2-10,13,19H,11-12,14H2,1H3,(H,24,25)(H,26,27). The van der Waals surface area contributed by atoms with Gasteiger partial charge >= 0.3 is 5.97 Å². The number of hydrogen-bond donors (Lipinski definition) is 2. The fraction of sp³-hybridized carbons (Fsp3) is 0.217. The zero-order valence-corrected chi connectivity index (χ0v) is 15.7. The molecule has 0 bridgehead atoms. The Morgan fingerprint density at radius 3 is 2.79 bits per heavy atom. The topological polar surface area (TPSA) is 71.5 Å². The van der Waals surface area contributed by atoms with E-state index in [9.17, 15) is 4.79 Å². The lowest BCUT2D eigenvalue weighted by Crippen LogP contribution is -2.07. The van der Waals surface area contributed by atoms with E-state index in [1.807, 2.05) is 36.5 Å². The second-order valence-corrected chi connectivity index (χ2v) is 7.13.